The number of rotatable bonds is 3. The molecular formula is C20H17N3OS. The second-order valence-electron chi connectivity index (χ2n) is 6.24. The van der Waals surface area contributed by atoms with Crippen molar-refractivity contribution < 1.29 is 0 Å². The normalized spacial score (nSPS) is 11.3. The zero-order valence-corrected chi connectivity index (χ0v) is 14.8. The van der Waals surface area contributed by atoms with Crippen molar-refractivity contribution in [1.29, 1.82) is 0 Å². The van der Waals surface area contributed by atoms with Crippen molar-refractivity contribution in [2.24, 2.45) is 0 Å². The maximum absolute atomic E-state index is 12.7. The molecule has 0 spiro atoms. The molecule has 4 rings (SSSR count). The van der Waals surface area contributed by atoms with E-state index in [4.69, 9.17) is 0 Å². The van der Waals surface area contributed by atoms with Gasteiger partial charge in [-0.1, -0.05) is 44.2 Å². The van der Waals surface area contributed by atoms with Gasteiger partial charge in [0.05, 0.1) is 5.39 Å². The van der Waals surface area contributed by atoms with Crippen LogP contribution in [0.1, 0.15) is 25.3 Å². The standard InChI is InChI=1S/C20H17N3OS/c1-12(2)13-6-8-14(9-7-13)15-11-25-20-17(15)19(24)22-18(23-20)16-5-3-4-10-21-16/h3-12H,1-2H3,(H,22,23,24). The lowest BCUT2D eigenvalue weighted by atomic mass is 9.99. The summed E-state index contributed by atoms with van der Waals surface area (Å²) < 4.78 is 0. The van der Waals surface area contributed by atoms with Gasteiger partial charge in [-0.15, -0.1) is 11.3 Å². The number of benzene rings is 1. The molecular weight excluding hydrogens is 330 g/mol. The van der Waals surface area contributed by atoms with E-state index in [1.54, 1.807) is 6.20 Å². The van der Waals surface area contributed by atoms with E-state index in [2.05, 4.69) is 53.1 Å². The molecule has 0 atom stereocenters. The number of nitrogens with zero attached hydrogens (tertiary/aromatic N) is 2. The highest BCUT2D eigenvalue weighted by Gasteiger charge is 2.14. The summed E-state index contributed by atoms with van der Waals surface area (Å²) in [5, 5.41) is 2.64. The molecule has 0 unspecified atom stereocenters. The van der Waals surface area contributed by atoms with Gasteiger partial charge in [-0.3, -0.25) is 9.78 Å². The number of fused-ring (bicyclic) bond motifs is 1. The molecule has 0 saturated heterocycles. The Bertz CT molecular complexity index is 1080. The summed E-state index contributed by atoms with van der Waals surface area (Å²) in [5.41, 5.74) is 3.78. The maximum atomic E-state index is 12.7. The van der Waals surface area contributed by atoms with Gasteiger partial charge in [0, 0.05) is 17.1 Å². The molecule has 25 heavy (non-hydrogen) atoms. The number of hydrogen-bond donors (Lipinski definition) is 1. The number of nitrogens with one attached hydrogen (secondary N) is 1. The summed E-state index contributed by atoms with van der Waals surface area (Å²) in [6.45, 7) is 4.34. The van der Waals surface area contributed by atoms with Crippen LogP contribution in [0.25, 0.3) is 32.9 Å². The Kier molecular flexibility index (Phi) is 3.93. The van der Waals surface area contributed by atoms with Crippen LogP contribution in [0.15, 0.2) is 58.8 Å². The van der Waals surface area contributed by atoms with Crippen molar-refractivity contribution in [1.82, 2.24) is 15.0 Å². The van der Waals surface area contributed by atoms with Gasteiger partial charge in [-0.2, -0.15) is 0 Å². The summed E-state index contributed by atoms with van der Waals surface area (Å²) in [4.78, 5) is 25.1. The lowest BCUT2D eigenvalue weighted by Gasteiger charge is -2.06. The minimum atomic E-state index is -0.130. The van der Waals surface area contributed by atoms with Gasteiger partial charge in [0.2, 0.25) is 0 Å². The molecule has 0 bridgehead atoms. The van der Waals surface area contributed by atoms with Crippen LogP contribution in [-0.4, -0.2) is 15.0 Å². The highest BCUT2D eigenvalue weighted by atomic mass is 32.1. The minimum Gasteiger partial charge on any atom is -0.305 e. The van der Waals surface area contributed by atoms with Gasteiger partial charge in [0.25, 0.3) is 5.56 Å². The predicted molar refractivity (Wildman–Crippen MR) is 103 cm³/mol. The maximum Gasteiger partial charge on any atom is 0.260 e. The lowest BCUT2D eigenvalue weighted by molar-refractivity contribution is 0.867. The highest BCUT2D eigenvalue weighted by Crippen LogP contribution is 2.32. The molecule has 0 amide bonds. The Morgan fingerprint density at radius 2 is 1.88 bits per heavy atom. The second-order valence-corrected chi connectivity index (χ2v) is 7.09. The van der Waals surface area contributed by atoms with Crippen LogP contribution in [0.3, 0.4) is 0 Å². The molecule has 4 aromatic rings. The fraction of sp³-hybridized carbons (Fsp3) is 0.150. The van der Waals surface area contributed by atoms with E-state index in [-0.39, 0.29) is 5.56 Å². The third-order valence-electron chi connectivity index (χ3n) is 4.24. The fourth-order valence-electron chi connectivity index (χ4n) is 2.83. The number of thiophene rings is 1. The van der Waals surface area contributed by atoms with Gasteiger partial charge in [-0.25, -0.2) is 4.98 Å². The summed E-state index contributed by atoms with van der Waals surface area (Å²) >= 11 is 1.48. The number of pyridine rings is 1. The molecule has 0 radical (unpaired) electrons. The average Bonchev–Trinajstić information content (AvgIpc) is 3.07. The number of aromatic amines is 1. The van der Waals surface area contributed by atoms with Crippen molar-refractivity contribution in [3.63, 3.8) is 0 Å². The van der Waals surface area contributed by atoms with E-state index in [0.717, 1.165) is 16.0 Å². The third-order valence-corrected chi connectivity index (χ3v) is 5.11. The molecule has 3 heterocycles. The van der Waals surface area contributed by atoms with Crippen molar-refractivity contribution >= 4 is 21.6 Å². The first-order valence-electron chi connectivity index (χ1n) is 8.17. The van der Waals surface area contributed by atoms with E-state index in [0.29, 0.717) is 22.8 Å². The number of hydrogen-bond acceptors (Lipinski definition) is 4. The first-order chi connectivity index (χ1) is 12.1. The Hall–Kier alpha value is -2.79. The molecule has 124 valence electrons. The van der Waals surface area contributed by atoms with Crippen molar-refractivity contribution in [2.75, 3.05) is 0 Å². The highest BCUT2D eigenvalue weighted by molar-refractivity contribution is 7.17. The van der Waals surface area contributed by atoms with Gasteiger partial charge < -0.3 is 4.98 Å². The molecule has 0 aliphatic heterocycles. The van der Waals surface area contributed by atoms with Gasteiger partial charge in [-0.05, 0) is 29.2 Å². The van der Waals surface area contributed by atoms with Crippen LogP contribution in [0.4, 0.5) is 0 Å². The van der Waals surface area contributed by atoms with E-state index in [1.807, 2.05) is 23.6 Å². The van der Waals surface area contributed by atoms with Crippen molar-refractivity contribution in [3.05, 3.63) is 70.0 Å². The Morgan fingerprint density at radius 3 is 2.56 bits per heavy atom. The monoisotopic (exact) mass is 347 g/mol. The molecule has 1 aromatic carbocycles. The summed E-state index contributed by atoms with van der Waals surface area (Å²) in [5.74, 6) is 0.987. The molecule has 0 saturated carbocycles. The molecule has 0 aliphatic rings. The van der Waals surface area contributed by atoms with Gasteiger partial charge in [0.1, 0.15) is 10.5 Å². The zero-order chi connectivity index (χ0) is 17.4. The fourth-order valence-corrected chi connectivity index (χ4v) is 3.78. The quantitative estimate of drug-likeness (QED) is 0.577. The van der Waals surface area contributed by atoms with Crippen LogP contribution >= 0.6 is 11.3 Å². The number of H-pyrrole nitrogens is 1. The van der Waals surface area contributed by atoms with E-state index in [1.165, 1.54) is 16.9 Å². The van der Waals surface area contributed by atoms with Crippen LogP contribution in [0.5, 0.6) is 0 Å². The van der Waals surface area contributed by atoms with Crippen LogP contribution in [0.2, 0.25) is 0 Å². The van der Waals surface area contributed by atoms with E-state index < -0.39 is 0 Å². The van der Waals surface area contributed by atoms with E-state index in [9.17, 15) is 4.79 Å². The summed E-state index contributed by atoms with van der Waals surface area (Å²) in [7, 11) is 0. The SMILES string of the molecule is CC(C)c1ccc(-c2csc3nc(-c4ccccn4)[nH]c(=O)c23)cc1. The molecule has 4 nitrogen and oxygen atoms in total. The minimum absolute atomic E-state index is 0.130. The first kappa shape index (κ1) is 15.7. The Morgan fingerprint density at radius 1 is 1.08 bits per heavy atom. The first-order valence-corrected chi connectivity index (χ1v) is 9.04. The van der Waals surface area contributed by atoms with Crippen LogP contribution in [-0.2, 0) is 0 Å². The number of aromatic nitrogens is 3. The van der Waals surface area contributed by atoms with Crippen LogP contribution < -0.4 is 5.56 Å². The molecule has 1 N–H and O–H groups in total. The predicted octanol–water partition coefficient (Wildman–Crippen LogP) is 4.84. The van der Waals surface area contributed by atoms with Crippen molar-refractivity contribution in [3.8, 4) is 22.6 Å². The molecule has 0 fully saturated rings. The lowest BCUT2D eigenvalue weighted by Crippen LogP contribution is -2.09. The summed E-state index contributed by atoms with van der Waals surface area (Å²) in [6, 6.07) is 13.9. The second kappa shape index (κ2) is 6.26. The third kappa shape index (κ3) is 2.87. The average molecular weight is 347 g/mol. The summed E-state index contributed by atoms with van der Waals surface area (Å²) in [6.07, 6.45) is 1.69. The smallest absolute Gasteiger partial charge is 0.260 e. The zero-order valence-electron chi connectivity index (χ0n) is 14.0. The topological polar surface area (TPSA) is 58.6 Å². The van der Waals surface area contributed by atoms with Crippen LogP contribution in [0, 0.1) is 0 Å². The van der Waals surface area contributed by atoms with Gasteiger partial charge >= 0.3 is 0 Å². The molecule has 5 heteroatoms. The molecule has 3 aromatic heterocycles. The van der Waals surface area contributed by atoms with E-state index >= 15 is 0 Å². The van der Waals surface area contributed by atoms with Crippen molar-refractivity contribution in [2.45, 2.75) is 19.8 Å². The Balaban J connectivity index is 1.83. The van der Waals surface area contributed by atoms with Gasteiger partial charge in [0.15, 0.2) is 5.82 Å². The Labute approximate surface area is 149 Å². The largest absolute Gasteiger partial charge is 0.305 e. The molecule has 0 aliphatic carbocycles.